The van der Waals surface area contributed by atoms with Crippen molar-refractivity contribution in [2.75, 3.05) is 39.4 Å². The number of ether oxygens (including phenoxy) is 1. The molecule has 0 N–H and O–H groups in total. The molecule has 0 bridgehead atoms. The third-order valence-corrected chi connectivity index (χ3v) is 5.43. The summed E-state index contributed by atoms with van der Waals surface area (Å²) in [6, 6.07) is 0.352. The molecule has 7 heteroatoms. The highest BCUT2D eigenvalue weighted by Crippen LogP contribution is 2.24. The minimum absolute atomic E-state index is 0.124. The highest BCUT2D eigenvalue weighted by molar-refractivity contribution is 7.07. The van der Waals surface area contributed by atoms with Crippen LogP contribution in [0.15, 0.2) is 0 Å². The van der Waals surface area contributed by atoms with Crippen molar-refractivity contribution >= 4 is 17.4 Å². The first kappa shape index (κ1) is 15.8. The fraction of sp³-hybridized carbons (Fsp3) is 0.800. The molecule has 1 aromatic heterocycles. The number of likely N-dealkylation sites (tertiary alicyclic amines) is 1. The number of rotatable bonds is 4. The van der Waals surface area contributed by atoms with Gasteiger partial charge in [0.15, 0.2) is 0 Å². The number of carbonyl (C=O) groups excluding carboxylic acids is 1. The fourth-order valence-electron chi connectivity index (χ4n) is 3.28. The van der Waals surface area contributed by atoms with Crippen molar-refractivity contribution in [3.63, 3.8) is 0 Å². The number of piperidine rings is 1. The van der Waals surface area contributed by atoms with Crippen LogP contribution in [0.1, 0.15) is 41.0 Å². The van der Waals surface area contributed by atoms with Crippen molar-refractivity contribution in [1.82, 2.24) is 19.4 Å². The first-order valence-electron chi connectivity index (χ1n) is 8.15. The Balaban J connectivity index is 1.61. The molecule has 0 aliphatic carbocycles. The Kier molecular flexibility index (Phi) is 5.38. The predicted molar refractivity (Wildman–Crippen MR) is 85.2 cm³/mol. The second-order valence-corrected chi connectivity index (χ2v) is 6.83. The van der Waals surface area contributed by atoms with E-state index in [0.29, 0.717) is 10.9 Å². The van der Waals surface area contributed by atoms with E-state index in [1.807, 2.05) is 6.92 Å². The molecule has 2 saturated heterocycles. The van der Waals surface area contributed by atoms with Gasteiger partial charge in [-0.2, -0.15) is 0 Å². The van der Waals surface area contributed by atoms with Crippen LogP contribution >= 0.6 is 11.5 Å². The van der Waals surface area contributed by atoms with Crippen molar-refractivity contribution in [3.05, 3.63) is 10.6 Å². The Morgan fingerprint density at radius 2 is 2.14 bits per heavy atom. The largest absolute Gasteiger partial charge is 0.379 e. The number of hydrogen-bond acceptors (Lipinski definition) is 6. The van der Waals surface area contributed by atoms with Gasteiger partial charge in [-0.05, 0) is 44.1 Å². The van der Waals surface area contributed by atoms with E-state index in [9.17, 15) is 4.79 Å². The summed E-state index contributed by atoms with van der Waals surface area (Å²) >= 11 is 1.22. The van der Waals surface area contributed by atoms with Crippen molar-refractivity contribution in [2.24, 2.45) is 0 Å². The van der Waals surface area contributed by atoms with Crippen molar-refractivity contribution in [1.29, 1.82) is 0 Å². The third kappa shape index (κ3) is 3.64. The molecule has 0 radical (unpaired) electrons. The lowest BCUT2D eigenvalue weighted by Gasteiger charge is -2.37. The highest BCUT2D eigenvalue weighted by atomic mass is 32.1. The van der Waals surface area contributed by atoms with Gasteiger partial charge in [0, 0.05) is 32.2 Å². The number of aromatic nitrogens is 2. The summed E-state index contributed by atoms with van der Waals surface area (Å²) in [6.45, 7) is 7.47. The van der Waals surface area contributed by atoms with E-state index < -0.39 is 0 Å². The molecule has 2 aliphatic rings. The summed E-state index contributed by atoms with van der Waals surface area (Å²) in [5, 5.41) is 3.98. The molecule has 0 spiro atoms. The summed E-state index contributed by atoms with van der Waals surface area (Å²) in [5.41, 5.74) is 0.757. The molecule has 22 heavy (non-hydrogen) atoms. The van der Waals surface area contributed by atoms with Gasteiger partial charge in [0.05, 0.1) is 18.9 Å². The summed E-state index contributed by atoms with van der Waals surface area (Å²) in [5.74, 6) is 0.124. The number of hydrogen-bond donors (Lipinski definition) is 0. The monoisotopic (exact) mass is 324 g/mol. The van der Waals surface area contributed by atoms with Gasteiger partial charge in [-0.3, -0.25) is 9.69 Å². The van der Waals surface area contributed by atoms with E-state index in [4.69, 9.17) is 4.74 Å². The minimum atomic E-state index is 0.124. The number of morpholine rings is 1. The molecule has 0 saturated carbocycles. The van der Waals surface area contributed by atoms with Gasteiger partial charge < -0.3 is 9.64 Å². The number of nitrogens with zero attached hydrogens (tertiary/aromatic N) is 4. The number of carbonyl (C=O) groups is 1. The van der Waals surface area contributed by atoms with Gasteiger partial charge in [-0.25, -0.2) is 0 Å². The number of aryl methyl sites for hydroxylation is 1. The lowest BCUT2D eigenvalue weighted by molar-refractivity contribution is 0.0296. The molecule has 1 atom stereocenters. The van der Waals surface area contributed by atoms with Crippen LogP contribution in [0.2, 0.25) is 0 Å². The second-order valence-electron chi connectivity index (χ2n) is 6.08. The van der Waals surface area contributed by atoms with Crippen LogP contribution in [0.5, 0.6) is 0 Å². The summed E-state index contributed by atoms with van der Waals surface area (Å²) in [4.78, 5) is 18.0. The summed E-state index contributed by atoms with van der Waals surface area (Å²) < 4.78 is 9.30. The fourth-order valence-corrected chi connectivity index (χ4v) is 3.90. The Hall–Kier alpha value is -1.05. The predicted octanol–water partition coefficient (Wildman–Crippen LogP) is 1.56. The maximum Gasteiger partial charge on any atom is 0.267 e. The molecule has 0 aromatic carbocycles. The molecular formula is C15H24N4O2S. The molecular weight excluding hydrogens is 300 g/mol. The third-order valence-electron chi connectivity index (χ3n) is 4.62. The average molecular weight is 324 g/mol. The van der Waals surface area contributed by atoms with Crippen LogP contribution in [-0.4, -0.2) is 70.7 Å². The van der Waals surface area contributed by atoms with Crippen LogP contribution < -0.4 is 0 Å². The standard InChI is InChI=1S/C15H24N4O2S/c1-12-14(22-17-16-12)15(20)19-6-3-2-4-13(19)5-7-18-8-10-21-11-9-18/h13H,2-11H2,1H3. The van der Waals surface area contributed by atoms with E-state index in [-0.39, 0.29) is 5.91 Å². The quantitative estimate of drug-likeness (QED) is 0.841. The second kappa shape index (κ2) is 7.48. The smallest absolute Gasteiger partial charge is 0.267 e. The molecule has 122 valence electrons. The van der Waals surface area contributed by atoms with Crippen molar-refractivity contribution < 1.29 is 9.53 Å². The van der Waals surface area contributed by atoms with E-state index >= 15 is 0 Å². The Labute approximate surface area is 135 Å². The van der Waals surface area contributed by atoms with E-state index in [1.54, 1.807) is 0 Å². The van der Waals surface area contributed by atoms with Gasteiger partial charge in [0.2, 0.25) is 0 Å². The first-order chi connectivity index (χ1) is 10.8. The van der Waals surface area contributed by atoms with Crippen LogP contribution in [0.4, 0.5) is 0 Å². The van der Waals surface area contributed by atoms with Gasteiger partial charge in [-0.15, -0.1) is 5.10 Å². The lowest BCUT2D eigenvalue weighted by atomic mass is 9.98. The molecule has 1 amide bonds. The SMILES string of the molecule is Cc1nnsc1C(=O)N1CCCCC1CCN1CCOCC1. The van der Waals surface area contributed by atoms with Crippen LogP contribution in [0, 0.1) is 6.92 Å². The molecule has 2 fully saturated rings. The van der Waals surface area contributed by atoms with Crippen LogP contribution in [0.25, 0.3) is 0 Å². The van der Waals surface area contributed by atoms with Gasteiger partial charge in [-0.1, -0.05) is 4.49 Å². The van der Waals surface area contributed by atoms with Crippen LogP contribution in [0.3, 0.4) is 0 Å². The lowest BCUT2D eigenvalue weighted by Crippen LogP contribution is -2.46. The van der Waals surface area contributed by atoms with Gasteiger partial charge in [0.25, 0.3) is 5.91 Å². The maximum absolute atomic E-state index is 12.8. The van der Waals surface area contributed by atoms with Gasteiger partial charge >= 0.3 is 0 Å². The van der Waals surface area contributed by atoms with E-state index in [2.05, 4.69) is 19.4 Å². The summed E-state index contributed by atoms with van der Waals surface area (Å²) in [7, 11) is 0. The Morgan fingerprint density at radius 1 is 1.32 bits per heavy atom. The minimum Gasteiger partial charge on any atom is -0.379 e. The highest BCUT2D eigenvalue weighted by Gasteiger charge is 2.29. The van der Waals surface area contributed by atoms with Crippen molar-refractivity contribution in [2.45, 2.75) is 38.6 Å². The van der Waals surface area contributed by atoms with Crippen LogP contribution in [-0.2, 0) is 4.74 Å². The van der Waals surface area contributed by atoms with Crippen molar-refractivity contribution in [3.8, 4) is 0 Å². The average Bonchev–Trinajstić information content (AvgIpc) is 2.99. The topological polar surface area (TPSA) is 58.6 Å². The molecule has 2 aliphatic heterocycles. The Bertz CT molecular complexity index is 501. The normalized spacial score (nSPS) is 23.7. The molecule has 3 heterocycles. The zero-order valence-electron chi connectivity index (χ0n) is 13.2. The zero-order valence-corrected chi connectivity index (χ0v) is 14.0. The summed E-state index contributed by atoms with van der Waals surface area (Å²) in [6.07, 6.45) is 4.49. The maximum atomic E-state index is 12.8. The molecule has 3 rings (SSSR count). The molecule has 6 nitrogen and oxygen atoms in total. The molecule has 1 aromatic rings. The van der Waals surface area contributed by atoms with Gasteiger partial charge in [0.1, 0.15) is 4.88 Å². The van der Waals surface area contributed by atoms with E-state index in [1.165, 1.54) is 18.0 Å². The first-order valence-corrected chi connectivity index (χ1v) is 8.93. The zero-order chi connectivity index (χ0) is 15.4. The molecule has 1 unspecified atom stereocenters. The number of amides is 1. The van der Waals surface area contributed by atoms with E-state index in [0.717, 1.165) is 64.3 Å². The Morgan fingerprint density at radius 3 is 2.86 bits per heavy atom.